The number of imidazole rings is 1. The van der Waals surface area contributed by atoms with E-state index in [-0.39, 0.29) is 0 Å². The Morgan fingerprint density at radius 1 is 1.45 bits per heavy atom. The Morgan fingerprint density at radius 2 is 2.25 bits per heavy atom. The van der Waals surface area contributed by atoms with Crippen LogP contribution in [0.15, 0.2) is 35.1 Å². The van der Waals surface area contributed by atoms with Crippen LogP contribution < -0.4 is 5.32 Å². The van der Waals surface area contributed by atoms with E-state index in [1.54, 1.807) is 6.20 Å². The summed E-state index contributed by atoms with van der Waals surface area (Å²) in [6.07, 6.45) is 3.46. The first kappa shape index (κ1) is 14.8. The molecule has 0 saturated heterocycles. The molecule has 1 heterocycles. The van der Waals surface area contributed by atoms with E-state index in [1.807, 2.05) is 22.9 Å². The smallest absolute Gasteiger partial charge is 0.217 e. The van der Waals surface area contributed by atoms with E-state index >= 15 is 0 Å². The summed E-state index contributed by atoms with van der Waals surface area (Å²) in [5, 5.41) is 12.5. The summed E-state index contributed by atoms with van der Waals surface area (Å²) in [5.74, 6) is 1.01. The first-order chi connectivity index (χ1) is 9.61. The Bertz CT molecular complexity index is 625. The highest BCUT2D eigenvalue weighted by atomic mass is 79.9. The fraction of sp³-hybridized carbons (Fsp3) is 0.333. The van der Waals surface area contributed by atoms with E-state index in [9.17, 15) is 0 Å². The number of nitrogens with zero attached hydrogens (tertiary/aromatic N) is 3. The molecule has 0 unspecified atom stereocenters. The standard InChI is InChI=1S/C15H17BrN4/c1-11(2)9-18-10-12-7-13(16)3-4-14(12)20-6-5-19-15(20)8-17/h3-7,11,18H,9-10H2,1-2H3. The van der Waals surface area contributed by atoms with Crippen molar-refractivity contribution in [3.8, 4) is 11.8 Å². The minimum Gasteiger partial charge on any atom is -0.312 e. The van der Waals surface area contributed by atoms with Crippen molar-refractivity contribution in [3.63, 3.8) is 0 Å². The summed E-state index contributed by atoms with van der Waals surface area (Å²) in [6, 6.07) is 8.16. The summed E-state index contributed by atoms with van der Waals surface area (Å²) in [5.41, 5.74) is 2.12. The van der Waals surface area contributed by atoms with Crippen LogP contribution in [0.3, 0.4) is 0 Å². The molecule has 2 aromatic rings. The van der Waals surface area contributed by atoms with Crippen molar-refractivity contribution in [3.05, 3.63) is 46.5 Å². The van der Waals surface area contributed by atoms with Gasteiger partial charge < -0.3 is 5.32 Å². The van der Waals surface area contributed by atoms with Crippen LogP contribution in [0.2, 0.25) is 0 Å². The van der Waals surface area contributed by atoms with Crippen LogP contribution in [0.4, 0.5) is 0 Å². The van der Waals surface area contributed by atoms with E-state index in [4.69, 9.17) is 5.26 Å². The lowest BCUT2D eigenvalue weighted by Crippen LogP contribution is -2.20. The summed E-state index contributed by atoms with van der Waals surface area (Å²) in [4.78, 5) is 4.05. The van der Waals surface area contributed by atoms with Gasteiger partial charge in [0.25, 0.3) is 0 Å². The van der Waals surface area contributed by atoms with Gasteiger partial charge in [-0.1, -0.05) is 29.8 Å². The number of nitriles is 1. The Balaban J connectivity index is 2.31. The first-order valence-electron chi connectivity index (χ1n) is 6.54. The zero-order valence-electron chi connectivity index (χ0n) is 11.6. The second-order valence-corrected chi connectivity index (χ2v) is 5.95. The van der Waals surface area contributed by atoms with Gasteiger partial charge in [-0.15, -0.1) is 0 Å². The first-order valence-corrected chi connectivity index (χ1v) is 7.34. The lowest BCUT2D eigenvalue weighted by molar-refractivity contribution is 0.551. The highest BCUT2D eigenvalue weighted by Crippen LogP contribution is 2.21. The molecule has 0 aliphatic heterocycles. The second-order valence-electron chi connectivity index (χ2n) is 5.03. The minimum atomic E-state index is 0.400. The van der Waals surface area contributed by atoms with E-state index in [0.717, 1.165) is 28.8 Å². The van der Waals surface area contributed by atoms with E-state index < -0.39 is 0 Å². The van der Waals surface area contributed by atoms with Gasteiger partial charge in [0, 0.05) is 23.4 Å². The van der Waals surface area contributed by atoms with Gasteiger partial charge in [0.1, 0.15) is 6.07 Å². The van der Waals surface area contributed by atoms with Crippen LogP contribution in [0.25, 0.3) is 5.69 Å². The highest BCUT2D eigenvalue weighted by Gasteiger charge is 2.09. The van der Waals surface area contributed by atoms with Crippen molar-refractivity contribution in [2.75, 3.05) is 6.54 Å². The summed E-state index contributed by atoms with van der Waals surface area (Å²) in [6.45, 7) is 6.08. The number of hydrogen-bond donors (Lipinski definition) is 1. The van der Waals surface area contributed by atoms with Crippen molar-refractivity contribution in [2.45, 2.75) is 20.4 Å². The molecule has 0 radical (unpaired) electrons. The Kier molecular flexibility index (Phi) is 4.94. The van der Waals surface area contributed by atoms with Gasteiger partial charge in [-0.25, -0.2) is 4.98 Å². The van der Waals surface area contributed by atoms with Gasteiger partial charge >= 0.3 is 0 Å². The van der Waals surface area contributed by atoms with Gasteiger partial charge in [-0.2, -0.15) is 5.26 Å². The molecule has 0 fully saturated rings. The molecule has 104 valence electrons. The number of nitrogens with one attached hydrogen (secondary N) is 1. The van der Waals surface area contributed by atoms with Gasteiger partial charge in [0.05, 0.1) is 5.69 Å². The fourth-order valence-electron chi connectivity index (χ4n) is 2.01. The van der Waals surface area contributed by atoms with Crippen LogP contribution in [0.5, 0.6) is 0 Å². The predicted octanol–water partition coefficient (Wildman–Crippen LogP) is 3.25. The molecular formula is C15H17BrN4. The molecule has 1 N–H and O–H groups in total. The average molecular weight is 333 g/mol. The molecule has 20 heavy (non-hydrogen) atoms. The second kappa shape index (κ2) is 6.69. The predicted molar refractivity (Wildman–Crippen MR) is 82.5 cm³/mol. The lowest BCUT2D eigenvalue weighted by Gasteiger charge is -2.13. The quantitative estimate of drug-likeness (QED) is 0.914. The van der Waals surface area contributed by atoms with Crippen LogP contribution in [-0.4, -0.2) is 16.1 Å². The maximum absolute atomic E-state index is 9.10. The highest BCUT2D eigenvalue weighted by molar-refractivity contribution is 9.10. The molecular weight excluding hydrogens is 316 g/mol. The molecule has 0 spiro atoms. The van der Waals surface area contributed by atoms with Crippen molar-refractivity contribution in [1.29, 1.82) is 5.26 Å². The van der Waals surface area contributed by atoms with Crippen molar-refractivity contribution in [2.24, 2.45) is 5.92 Å². The van der Waals surface area contributed by atoms with Gasteiger partial charge in [0.15, 0.2) is 0 Å². The molecule has 0 atom stereocenters. The number of benzene rings is 1. The molecule has 0 aliphatic rings. The third-order valence-corrected chi connectivity index (χ3v) is 3.40. The number of hydrogen-bond acceptors (Lipinski definition) is 3. The lowest BCUT2D eigenvalue weighted by atomic mass is 10.1. The Hall–Kier alpha value is -1.64. The Labute approximate surface area is 127 Å². The number of halogens is 1. The van der Waals surface area contributed by atoms with Crippen LogP contribution in [-0.2, 0) is 6.54 Å². The monoisotopic (exact) mass is 332 g/mol. The molecule has 0 amide bonds. The van der Waals surface area contributed by atoms with Crippen LogP contribution >= 0.6 is 15.9 Å². The van der Waals surface area contributed by atoms with Gasteiger partial charge in [0.2, 0.25) is 5.82 Å². The van der Waals surface area contributed by atoms with E-state index in [0.29, 0.717) is 11.7 Å². The van der Waals surface area contributed by atoms with Crippen LogP contribution in [0, 0.1) is 17.2 Å². The van der Waals surface area contributed by atoms with E-state index in [1.165, 1.54) is 0 Å². The maximum Gasteiger partial charge on any atom is 0.217 e. The van der Waals surface area contributed by atoms with Crippen molar-refractivity contribution < 1.29 is 0 Å². The number of aromatic nitrogens is 2. The van der Waals surface area contributed by atoms with E-state index in [2.05, 4.69) is 52.2 Å². The minimum absolute atomic E-state index is 0.400. The molecule has 4 nitrogen and oxygen atoms in total. The molecule has 2 rings (SSSR count). The third kappa shape index (κ3) is 3.47. The van der Waals surface area contributed by atoms with Gasteiger partial charge in [-0.05, 0) is 36.2 Å². The molecule has 5 heteroatoms. The topological polar surface area (TPSA) is 53.6 Å². The molecule has 0 bridgehead atoms. The molecule has 1 aromatic heterocycles. The largest absolute Gasteiger partial charge is 0.312 e. The molecule has 0 aliphatic carbocycles. The number of rotatable bonds is 5. The summed E-state index contributed by atoms with van der Waals surface area (Å²) in [7, 11) is 0. The fourth-order valence-corrected chi connectivity index (χ4v) is 2.42. The van der Waals surface area contributed by atoms with Crippen molar-refractivity contribution >= 4 is 15.9 Å². The normalized spacial score (nSPS) is 10.8. The maximum atomic E-state index is 9.10. The van der Waals surface area contributed by atoms with Crippen molar-refractivity contribution in [1.82, 2.24) is 14.9 Å². The van der Waals surface area contributed by atoms with Gasteiger partial charge in [-0.3, -0.25) is 4.57 Å². The summed E-state index contributed by atoms with van der Waals surface area (Å²) < 4.78 is 2.85. The average Bonchev–Trinajstić information content (AvgIpc) is 2.86. The Morgan fingerprint density at radius 3 is 2.95 bits per heavy atom. The SMILES string of the molecule is CC(C)CNCc1cc(Br)ccc1-n1ccnc1C#N. The van der Waals surface area contributed by atoms with Crippen LogP contribution in [0.1, 0.15) is 25.2 Å². The molecule has 1 aromatic carbocycles. The summed E-state index contributed by atoms with van der Waals surface area (Å²) >= 11 is 3.50. The third-order valence-electron chi connectivity index (χ3n) is 2.91. The molecule has 0 saturated carbocycles. The zero-order valence-corrected chi connectivity index (χ0v) is 13.2. The zero-order chi connectivity index (χ0) is 14.5.